The van der Waals surface area contributed by atoms with Crippen LogP contribution in [-0.4, -0.2) is 35.0 Å². The zero-order valence-corrected chi connectivity index (χ0v) is 17.7. The average molecular weight is 429 g/mol. The SMILES string of the molecule is CCCCN1C(=O)C(=O)/C(=C(\O)c2ccc3c(c2)OCO3)C1c1cccc2ccccc12. The lowest BCUT2D eigenvalue weighted by atomic mass is 9.91. The van der Waals surface area contributed by atoms with Gasteiger partial charge in [0.05, 0.1) is 11.6 Å². The lowest BCUT2D eigenvalue weighted by Gasteiger charge is -2.26. The standard InChI is InChI=1S/C26H23NO5/c1-2-3-13-27-23(19-10-6-8-16-7-4-5-9-18(16)19)22(25(29)26(27)30)24(28)17-11-12-20-21(14-17)32-15-31-20/h4-12,14,23,28H,2-3,13,15H2,1H3/b24-22-. The predicted molar refractivity (Wildman–Crippen MR) is 120 cm³/mol. The van der Waals surface area contributed by atoms with Crippen LogP contribution < -0.4 is 9.47 Å². The Morgan fingerprint density at radius 1 is 1.03 bits per heavy atom. The van der Waals surface area contributed by atoms with Crippen molar-refractivity contribution in [2.45, 2.75) is 25.8 Å². The molecule has 0 aromatic heterocycles. The molecule has 1 amide bonds. The molecule has 32 heavy (non-hydrogen) atoms. The number of ketones is 1. The molecule has 2 heterocycles. The highest BCUT2D eigenvalue weighted by Crippen LogP contribution is 2.43. The van der Waals surface area contributed by atoms with Crippen LogP contribution in [0.5, 0.6) is 11.5 Å². The fourth-order valence-electron chi connectivity index (χ4n) is 4.45. The van der Waals surface area contributed by atoms with Crippen molar-refractivity contribution >= 4 is 28.2 Å². The molecule has 3 aromatic carbocycles. The highest BCUT2D eigenvalue weighted by molar-refractivity contribution is 6.46. The number of Topliss-reactive ketones (excluding diaryl/α,β-unsaturated/α-hetero) is 1. The van der Waals surface area contributed by atoms with E-state index >= 15 is 0 Å². The molecule has 5 rings (SSSR count). The van der Waals surface area contributed by atoms with Gasteiger partial charge in [-0.3, -0.25) is 9.59 Å². The molecule has 1 unspecified atom stereocenters. The van der Waals surface area contributed by atoms with Gasteiger partial charge in [-0.25, -0.2) is 0 Å². The van der Waals surface area contributed by atoms with E-state index in [0.29, 0.717) is 23.6 Å². The molecule has 0 radical (unpaired) electrons. The quantitative estimate of drug-likeness (QED) is 0.359. The average Bonchev–Trinajstić information content (AvgIpc) is 3.39. The zero-order chi connectivity index (χ0) is 22.2. The highest BCUT2D eigenvalue weighted by atomic mass is 16.7. The number of aliphatic hydroxyl groups is 1. The fraction of sp³-hybridized carbons (Fsp3) is 0.231. The van der Waals surface area contributed by atoms with Crippen molar-refractivity contribution in [3.8, 4) is 11.5 Å². The second-order valence-electron chi connectivity index (χ2n) is 7.98. The Kier molecular flexibility index (Phi) is 5.05. The number of fused-ring (bicyclic) bond motifs is 2. The first kappa shape index (κ1) is 20.1. The first-order valence-corrected chi connectivity index (χ1v) is 10.8. The number of carbonyl (C=O) groups excluding carboxylic acids is 2. The summed E-state index contributed by atoms with van der Waals surface area (Å²) in [5.41, 5.74) is 1.33. The van der Waals surface area contributed by atoms with Crippen LogP contribution in [0.1, 0.15) is 36.9 Å². The van der Waals surface area contributed by atoms with E-state index in [0.717, 1.165) is 29.2 Å². The number of likely N-dealkylation sites (tertiary alicyclic amines) is 1. The fourth-order valence-corrected chi connectivity index (χ4v) is 4.45. The minimum Gasteiger partial charge on any atom is -0.507 e. The van der Waals surface area contributed by atoms with Crippen LogP contribution in [-0.2, 0) is 9.59 Å². The van der Waals surface area contributed by atoms with Gasteiger partial charge < -0.3 is 19.5 Å². The number of hydrogen-bond acceptors (Lipinski definition) is 5. The molecule has 0 bridgehead atoms. The number of amides is 1. The van der Waals surface area contributed by atoms with Gasteiger partial charge in [0.15, 0.2) is 11.5 Å². The highest BCUT2D eigenvalue weighted by Gasteiger charge is 2.46. The summed E-state index contributed by atoms with van der Waals surface area (Å²) in [5, 5.41) is 13.2. The number of nitrogens with zero attached hydrogens (tertiary/aromatic N) is 1. The van der Waals surface area contributed by atoms with Gasteiger partial charge in [-0.15, -0.1) is 0 Å². The summed E-state index contributed by atoms with van der Waals surface area (Å²) in [4.78, 5) is 27.8. The van der Waals surface area contributed by atoms with E-state index in [1.165, 1.54) is 0 Å². The molecule has 6 heteroatoms. The molecule has 1 saturated heterocycles. The molecule has 1 N–H and O–H groups in total. The van der Waals surface area contributed by atoms with Crippen LogP contribution >= 0.6 is 0 Å². The number of rotatable bonds is 5. The normalized spacial score (nSPS) is 19.2. The molecule has 1 fully saturated rings. The predicted octanol–water partition coefficient (Wildman–Crippen LogP) is 4.79. The van der Waals surface area contributed by atoms with E-state index < -0.39 is 17.7 Å². The topological polar surface area (TPSA) is 76.1 Å². The lowest BCUT2D eigenvalue weighted by molar-refractivity contribution is -0.139. The smallest absolute Gasteiger partial charge is 0.295 e. The minimum absolute atomic E-state index is 0.0984. The number of unbranched alkanes of at least 4 members (excludes halogenated alkanes) is 1. The third-order valence-electron chi connectivity index (χ3n) is 6.06. The van der Waals surface area contributed by atoms with Gasteiger partial charge in [0.1, 0.15) is 5.76 Å². The number of aliphatic hydroxyl groups excluding tert-OH is 1. The van der Waals surface area contributed by atoms with Crippen molar-refractivity contribution in [3.63, 3.8) is 0 Å². The summed E-state index contributed by atoms with van der Waals surface area (Å²) in [6.45, 7) is 2.58. The van der Waals surface area contributed by atoms with Crippen molar-refractivity contribution in [2.75, 3.05) is 13.3 Å². The summed E-state index contributed by atoms with van der Waals surface area (Å²) in [6, 6.07) is 18.0. The van der Waals surface area contributed by atoms with Crippen LogP contribution in [0.25, 0.3) is 16.5 Å². The van der Waals surface area contributed by atoms with Gasteiger partial charge in [-0.1, -0.05) is 55.8 Å². The largest absolute Gasteiger partial charge is 0.507 e. The molecule has 0 saturated carbocycles. The number of ether oxygens (including phenoxy) is 2. The van der Waals surface area contributed by atoms with Gasteiger partial charge >= 0.3 is 0 Å². The summed E-state index contributed by atoms with van der Waals surface area (Å²) < 4.78 is 10.8. The van der Waals surface area contributed by atoms with Crippen molar-refractivity contribution in [1.82, 2.24) is 4.90 Å². The molecule has 1 atom stereocenters. The minimum atomic E-state index is -0.672. The summed E-state index contributed by atoms with van der Waals surface area (Å²) in [7, 11) is 0. The first-order chi connectivity index (χ1) is 15.6. The van der Waals surface area contributed by atoms with Gasteiger partial charge in [0, 0.05) is 12.1 Å². The molecule has 6 nitrogen and oxygen atoms in total. The van der Waals surface area contributed by atoms with Crippen LogP contribution in [0, 0.1) is 0 Å². The Morgan fingerprint density at radius 3 is 2.66 bits per heavy atom. The number of carbonyl (C=O) groups is 2. The van der Waals surface area contributed by atoms with Crippen molar-refractivity contribution in [1.29, 1.82) is 0 Å². The molecule has 3 aromatic rings. The summed E-state index contributed by atoms with van der Waals surface area (Å²) >= 11 is 0. The Hall–Kier alpha value is -3.80. The maximum absolute atomic E-state index is 13.2. The third-order valence-corrected chi connectivity index (χ3v) is 6.06. The van der Waals surface area contributed by atoms with E-state index in [-0.39, 0.29) is 18.1 Å². The van der Waals surface area contributed by atoms with Gasteiger partial charge in [0.25, 0.3) is 11.7 Å². The lowest BCUT2D eigenvalue weighted by Crippen LogP contribution is -2.30. The third kappa shape index (κ3) is 3.19. The van der Waals surface area contributed by atoms with Crippen molar-refractivity contribution < 1.29 is 24.2 Å². The molecule has 0 aliphatic carbocycles. The van der Waals surface area contributed by atoms with Gasteiger partial charge in [-0.05, 0) is 41.0 Å². The molecule has 0 spiro atoms. The molecule has 2 aliphatic rings. The second kappa shape index (κ2) is 8.04. The van der Waals surface area contributed by atoms with Crippen molar-refractivity contribution in [3.05, 3.63) is 77.4 Å². The van der Waals surface area contributed by atoms with E-state index in [4.69, 9.17) is 9.47 Å². The second-order valence-corrected chi connectivity index (χ2v) is 7.98. The summed E-state index contributed by atoms with van der Waals surface area (Å²) in [5.74, 6) is -0.391. The maximum Gasteiger partial charge on any atom is 0.295 e. The number of benzene rings is 3. The molecular formula is C26H23NO5. The van der Waals surface area contributed by atoms with Crippen LogP contribution in [0.15, 0.2) is 66.2 Å². The van der Waals surface area contributed by atoms with Crippen LogP contribution in [0.4, 0.5) is 0 Å². The van der Waals surface area contributed by atoms with Crippen molar-refractivity contribution in [2.24, 2.45) is 0 Å². The maximum atomic E-state index is 13.2. The Balaban J connectivity index is 1.71. The van der Waals surface area contributed by atoms with Gasteiger partial charge in [0.2, 0.25) is 6.79 Å². The van der Waals surface area contributed by atoms with E-state index in [1.807, 2.05) is 49.4 Å². The first-order valence-electron chi connectivity index (χ1n) is 10.8. The monoisotopic (exact) mass is 429 g/mol. The molecular weight excluding hydrogens is 406 g/mol. The van der Waals surface area contributed by atoms with Crippen LogP contribution in [0.3, 0.4) is 0 Å². The van der Waals surface area contributed by atoms with E-state index in [1.54, 1.807) is 23.1 Å². The molecule has 162 valence electrons. The number of hydrogen-bond donors (Lipinski definition) is 1. The van der Waals surface area contributed by atoms with E-state index in [2.05, 4.69) is 0 Å². The Bertz CT molecular complexity index is 1260. The zero-order valence-electron chi connectivity index (χ0n) is 17.7. The molecule has 2 aliphatic heterocycles. The van der Waals surface area contributed by atoms with Gasteiger partial charge in [-0.2, -0.15) is 0 Å². The van der Waals surface area contributed by atoms with E-state index in [9.17, 15) is 14.7 Å². The summed E-state index contributed by atoms with van der Waals surface area (Å²) in [6.07, 6.45) is 1.64. The van der Waals surface area contributed by atoms with Crippen LogP contribution in [0.2, 0.25) is 0 Å². The Morgan fingerprint density at radius 2 is 1.81 bits per heavy atom. The Labute approximate surface area is 185 Å².